The fourth-order valence-electron chi connectivity index (χ4n) is 3.77. The van der Waals surface area contributed by atoms with Crippen molar-refractivity contribution in [1.82, 2.24) is 9.97 Å². The number of pyridine rings is 2. The smallest absolute Gasteiger partial charge is 0.227 e. The van der Waals surface area contributed by atoms with Gasteiger partial charge in [-0.05, 0) is 50.1 Å². The number of furan rings is 1. The SMILES string of the molecule is Cc1cccc(-c2ccc(-c3c(C)ccc4c3oc3nc(C)ccc34)nc2)c1. The monoisotopic (exact) mass is 364 g/mol. The second-order valence-electron chi connectivity index (χ2n) is 7.34. The maximum atomic E-state index is 6.18. The lowest BCUT2D eigenvalue weighted by Crippen LogP contribution is -1.89. The standard InChI is InChI=1S/C25H20N2O/c1-15-5-4-6-18(13-15)19-9-12-22(26-14-19)23-16(2)7-10-20-21-11-8-17(3)27-25(21)28-24(20)23/h4-14H,1-3H3. The van der Waals surface area contributed by atoms with E-state index in [1.165, 1.54) is 11.1 Å². The third kappa shape index (κ3) is 2.67. The van der Waals surface area contributed by atoms with Gasteiger partial charge >= 0.3 is 0 Å². The molecular formula is C25H20N2O. The molecule has 0 atom stereocenters. The zero-order valence-corrected chi connectivity index (χ0v) is 16.2. The number of aryl methyl sites for hydroxylation is 3. The van der Waals surface area contributed by atoms with Gasteiger partial charge in [0.2, 0.25) is 5.71 Å². The first-order valence-corrected chi connectivity index (χ1v) is 9.43. The number of nitrogens with zero attached hydrogens (tertiary/aromatic N) is 2. The first-order chi connectivity index (χ1) is 13.6. The van der Waals surface area contributed by atoms with Crippen LogP contribution in [0.25, 0.3) is 44.5 Å². The van der Waals surface area contributed by atoms with E-state index in [0.29, 0.717) is 5.71 Å². The van der Waals surface area contributed by atoms with E-state index in [9.17, 15) is 0 Å². The van der Waals surface area contributed by atoms with Gasteiger partial charge in [0.05, 0.1) is 5.69 Å². The molecule has 0 amide bonds. The molecule has 5 aromatic rings. The lowest BCUT2D eigenvalue weighted by atomic mass is 10.00. The highest BCUT2D eigenvalue weighted by molar-refractivity contribution is 6.09. The molecule has 2 aromatic carbocycles. The van der Waals surface area contributed by atoms with Crippen molar-refractivity contribution in [3.05, 3.63) is 83.7 Å². The Morgan fingerprint density at radius 2 is 1.64 bits per heavy atom. The van der Waals surface area contributed by atoms with Crippen LogP contribution in [0.2, 0.25) is 0 Å². The van der Waals surface area contributed by atoms with Crippen molar-refractivity contribution >= 4 is 22.1 Å². The Morgan fingerprint density at radius 1 is 0.786 bits per heavy atom. The first kappa shape index (κ1) is 16.7. The Hall–Kier alpha value is -3.46. The average Bonchev–Trinajstić information content (AvgIpc) is 3.05. The highest BCUT2D eigenvalue weighted by Crippen LogP contribution is 2.37. The molecule has 136 valence electrons. The first-order valence-electron chi connectivity index (χ1n) is 9.43. The van der Waals surface area contributed by atoms with E-state index in [4.69, 9.17) is 9.40 Å². The van der Waals surface area contributed by atoms with E-state index in [1.54, 1.807) is 0 Å². The molecule has 0 radical (unpaired) electrons. The minimum Gasteiger partial charge on any atom is -0.437 e. The van der Waals surface area contributed by atoms with Gasteiger partial charge in [-0.2, -0.15) is 0 Å². The molecule has 0 unspecified atom stereocenters. The summed E-state index contributed by atoms with van der Waals surface area (Å²) >= 11 is 0. The maximum Gasteiger partial charge on any atom is 0.227 e. The van der Waals surface area contributed by atoms with Crippen LogP contribution >= 0.6 is 0 Å². The molecule has 0 saturated heterocycles. The second kappa shape index (κ2) is 6.31. The van der Waals surface area contributed by atoms with Crippen LogP contribution in [-0.4, -0.2) is 9.97 Å². The molecule has 0 bridgehead atoms. The summed E-state index contributed by atoms with van der Waals surface area (Å²) in [4.78, 5) is 9.33. The number of rotatable bonds is 2. The second-order valence-corrected chi connectivity index (χ2v) is 7.34. The van der Waals surface area contributed by atoms with Crippen LogP contribution in [0.3, 0.4) is 0 Å². The minimum atomic E-state index is 0.679. The molecule has 0 N–H and O–H groups in total. The van der Waals surface area contributed by atoms with E-state index in [0.717, 1.165) is 44.4 Å². The molecule has 0 fully saturated rings. The van der Waals surface area contributed by atoms with Gasteiger partial charge < -0.3 is 4.42 Å². The van der Waals surface area contributed by atoms with Gasteiger partial charge in [0.25, 0.3) is 0 Å². The Balaban J connectivity index is 1.68. The van der Waals surface area contributed by atoms with Crippen LogP contribution in [0, 0.1) is 20.8 Å². The maximum absolute atomic E-state index is 6.18. The Kier molecular flexibility index (Phi) is 3.76. The summed E-state index contributed by atoms with van der Waals surface area (Å²) in [5.74, 6) is 0. The molecule has 3 heteroatoms. The van der Waals surface area contributed by atoms with Crippen LogP contribution in [-0.2, 0) is 0 Å². The van der Waals surface area contributed by atoms with Gasteiger partial charge in [-0.3, -0.25) is 4.98 Å². The van der Waals surface area contributed by atoms with Crippen molar-refractivity contribution in [3.63, 3.8) is 0 Å². The summed E-state index contributed by atoms with van der Waals surface area (Å²) in [6, 6.07) is 21.0. The molecule has 3 aromatic heterocycles. The summed E-state index contributed by atoms with van der Waals surface area (Å²) in [7, 11) is 0. The molecule has 5 rings (SSSR count). The van der Waals surface area contributed by atoms with Crippen LogP contribution in [0.5, 0.6) is 0 Å². The van der Waals surface area contributed by atoms with Gasteiger partial charge in [-0.15, -0.1) is 0 Å². The fraction of sp³-hybridized carbons (Fsp3) is 0.120. The van der Waals surface area contributed by atoms with Crippen LogP contribution in [0.1, 0.15) is 16.8 Å². The van der Waals surface area contributed by atoms with Crippen LogP contribution < -0.4 is 0 Å². The van der Waals surface area contributed by atoms with Crippen molar-refractivity contribution in [1.29, 1.82) is 0 Å². The number of aromatic nitrogens is 2. The van der Waals surface area contributed by atoms with Crippen molar-refractivity contribution in [2.75, 3.05) is 0 Å². The third-order valence-electron chi connectivity index (χ3n) is 5.23. The van der Waals surface area contributed by atoms with Crippen molar-refractivity contribution in [3.8, 4) is 22.4 Å². The molecule has 3 heterocycles. The molecule has 0 aliphatic heterocycles. The van der Waals surface area contributed by atoms with E-state index in [1.807, 2.05) is 19.2 Å². The zero-order valence-electron chi connectivity index (χ0n) is 16.2. The highest BCUT2D eigenvalue weighted by atomic mass is 16.3. The van der Waals surface area contributed by atoms with Gasteiger partial charge in [-0.25, -0.2) is 4.98 Å². The van der Waals surface area contributed by atoms with Gasteiger partial charge in [0, 0.05) is 33.8 Å². The summed E-state index contributed by atoms with van der Waals surface area (Å²) in [5, 5.41) is 2.12. The van der Waals surface area contributed by atoms with Crippen LogP contribution in [0.15, 0.2) is 71.3 Å². The van der Waals surface area contributed by atoms with Crippen LogP contribution in [0.4, 0.5) is 0 Å². The van der Waals surface area contributed by atoms with Crippen molar-refractivity contribution < 1.29 is 4.42 Å². The third-order valence-corrected chi connectivity index (χ3v) is 5.23. The number of benzene rings is 2. The lowest BCUT2D eigenvalue weighted by molar-refractivity contribution is 0.653. The number of hydrogen-bond acceptors (Lipinski definition) is 3. The Labute approximate surface area is 163 Å². The average molecular weight is 364 g/mol. The van der Waals surface area contributed by atoms with E-state index in [2.05, 4.69) is 73.4 Å². The minimum absolute atomic E-state index is 0.679. The lowest BCUT2D eigenvalue weighted by Gasteiger charge is -2.08. The molecule has 0 aliphatic rings. The quantitative estimate of drug-likeness (QED) is 0.353. The summed E-state index contributed by atoms with van der Waals surface area (Å²) in [6.07, 6.45) is 1.94. The summed E-state index contributed by atoms with van der Waals surface area (Å²) in [5.41, 5.74) is 9.09. The molecule has 0 saturated carbocycles. The largest absolute Gasteiger partial charge is 0.437 e. The van der Waals surface area contributed by atoms with Gasteiger partial charge in [0.15, 0.2) is 0 Å². The summed E-state index contributed by atoms with van der Waals surface area (Å²) < 4.78 is 6.18. The number of hydrogen-bond donors (Lipinski definition) is 0. The molecule has 0 aliphatic carbocycles. The highest BCUT2D eigenvalue weighted by Gasteiger charge is 2.16. The van der Waals surface area contributed by atoms with Gasteiger partial charge in [-0.1, -0.05) is 48.0 Å². The Bertz CT molecular complexity index is 1330. The summed E-state index contributed by atoms with van der Waals surface area (Å²) in [6.45, 7) is 6.17. The molecule has 3 nitrogen and oxygen atoms in total. The van der Waals surface area contributed by atoms with E-state index >= 15 is 0 Å². The molecule has 0 spiro atoms. The van der Waals surface area contributed by atoms with E-state index in [-0.39, 0.29) is 0 Å². The van der Waals surface area contributed by atoms with Crippen molar-refractivity contribution in [2.45, 2.75) is 20.8 Å². The van der Waals surface area contributed by atoms with Gasteiger partial charge in [0.1, 0.15) is 5.58 Å². The van der Waals surface area contributed by atoms with Crippen molar-refractivity contribution in [2.24, 2.45) is 0 Å². The molecular weight excluding hydrogens is 344 g/mol. The topological polar surface area (TPSA) is 38.9 Å². The fourth-order valence-corrected chi connectivity index (χ4v) is 3.77. The number of fused-ring (bicyclic) bond motifs is 3. The predicted octanol–water partition coefficient (Wildman–Crippen LogP) is 6.64. The predicted molar refractivity (Wildman–Crippen MR) is 114 cm³/mol. The normalized spacial score (nSPS) is 11.4. The van der Waals surface area contributed by atoms with E-state index < -0.39 is 0 Å². The Morgan fingerprint density at radius 3 is 2.43 bits per heavy atom. The molecule has 28 heavy (non-hydrogen) atoms. The zero-order chi connectivity index (χ0) is 19.3.